The van der Waals surface area contributed by atoms with Crippen molar-refractivity contribution in [2.45, 2.75) is 79.7 Å². The fourth-order valence-corrected chi connectivity index (χ4v) is 2.69. The van der Waals surface area contributed by atoms with Gasteiger partial charge in [-0.1, -0.05) is 53.7 Å². The number of rotatable bonds is 9. The lowest BCUT2D eigenvalue weighted by atomic mass is 9.82. The van der Waals surface area contributed by atoms with Crippen molar-refractivity contribution in [3.63, 3.8) is 0 Å². The van der Waals surface area contributed by atoms with Crippen molar-refractivity contribution in [2.24, 2.45) is 11.3 Å². The monoisotopic (exact) mass is 253 g/mol. The van der Waals surface area contributed by atoms with Crippen LogP contribution in [0.3, 0.4) is 0 Å². The molecule has 2 unspecified atom stereocenters. The van der Waals surface area contributed by atoms with Crippen LogP contribution in [-0.2, 0) is 0 Å². The van der Waals surface area contributed by atoms with Crippen LogP contribution in [0.5, 0.6) is 0 Å². The van der Waals surface area contributed by atoms with E-state index in [9.17, 15) is 0 Å². The Morgan fingerprint density at radius 3 is 2.28 bits per heavy atom. The molecule has 1 heteroatoms. The first-order valence-electron chi connectivity index (χ1n) is 7.68. The molecular formula is C17H35N. The summed E-state index contributed by atoms with van der Waals surface area (Å²) in [6, 6.07) is 0.620. The Kier molecular flexibility index (Phi) is 8.60. The van der Waals surface area contributed by atoms with Gasteiger partial charge in [-0.2, -0.15) is 0 Å². The van der Waals surface area contributed by atoms with Gasteiger partial charge in [0.05, 0.1) is 0 Å². The number of nitrogens with one attached hydrogen (secondary N) is 1. The molecule has 1 nitrogen and oxygen atoms in total. The molecule has 0 radical (unpaired) electrons. The zero-order valence-corrected chi connectivity index (χ0v) is 13.6. The Labute approximate surface area is 115 Å². The topological polar surface area (TPSA) is 12.0 Å². The van der Waals surface area contributed by atoms with Crippen molar-refractivity contribution < 1.29 is 0 Å². The second-order valence-corrected chi connectivity index (χ2v) is 7.06. The van der Waals surface area contributed by atoms with E-state index in [1.165, 1.54) is 24.8 Å². The predicted molar refractivity (Wildman–Crippen MR) is 84.0 cm³/mol. The third-order valence-corrected chi connectivity index (χ3v) is 3.37. The van der Waals surface area contributed by atoms with Crippen molar-refractivity contribution in [1.29, 1.82) is 0 Å². The van der Waals surface area contributed by atoms with Crippen LogP contribution in [-0.4, -0.2) is 12.6 Å². The molecule has 0 saturated carbocycles. The summed E-state index contributed by atoms with van der Waals surface area (Å²) < 4.78 is 0. The lowest BCUT2D eigenvalue weighted by molar-refractivity contribution is 0.274. The van der Waals surface area contributed by atoms with Crippen molar-refractivity contribution in [3.05, 3.63) is 12.2 Å². The van der Waals surface area contributed by atoms with E-state index in [0.29, 0.717) is 11.5 Å². The van der Waals surface area contributed by atoms with Gasteiger partial charge in [-0.3, -0.25) is 0 Å². The highest BCUT2D eigenvalue weighted by atomic mass is 14.9. The van der Waals surface area contributed by atoms with Gasteiger partial charge in [0.15, 0.2) is 0 Å². The van der Waals surface area contributed by atoms with Crippen molar-refractivity contribution >= 4 is 0 Å². The van der Waals surface area contributed by atoms with Crippen molar-refractivity contribution in [1.82, 2.24) is 5.32 Å². The van der Waals surface area contributed by atoms with Crippen LogP contribution in [0.15, 0.2) is 12.2 Å². The molecule has 108 valence electrons. The first kappa shape index (κ1) is 17.7. The Morgan fingerprint density at radius 2 is 1.83 bits per heavy atom. The van der Waals surface area contributed by atoms with E-state index in [2.05, 4.69) is 53.4 Å². The highest BCUT2D eigenvalue weighted by molar-refractivity contribution is 4.96. The van der Waals surface area contributed by atoms with E-state index in [4.69, 9.17) is 0 Å². The number of hydrogen-bond acceptors (Lipinski definition) is 1. The van der Waals surface area contributed by atoms with Gasteiger partial charge in [0.2, 0.25) is 0 Å². The second kappa shape index (κ2) is 8.74. The van der Waals surface area contributed by atoms with Crippen LogP contribution in [0, 0.1) is 11.3 Å². The van der Waals surface area contributed by atoms with E-state index in [0.717, 1.165) is 25.3 Å². The molecule has 2 atom stereocenters. The summed E-state index contributed by atoms with van der Waals surface area (Å²) in [6.07, 6.45) is 6.04. The van der Waals surface area contributed by atoms with E-state index >= 15 is 0 Å². The molecule has 0 fully saturated rings. The van der Waals surface area contributed by atoms with E-state index in [1.807, 2.05) is 0 Å². The molecule has 0 aromatic carbocycles. The van der Waals surface area contributed by atoms with Gasteiger partial charge in [-0.25, -0.2) is 0 Å². The molecule has 0 spiro atoms. The lowest BCUT2D eigenvalue weighted by Crippen LogP contribution is -2.32. The summed E-state index contributed by atoms with van der Waals surface area (Å²) >= 11 is 0. The normalized spacial score (nSPS) is 15.4. The maximum Gasteiger partial charge on any atom is 0.0107 e. The standard InChI is InChI=1S/C17H35N/c1-8-10-18-16(11-14(3)9-2)12-15(4)13-17(5,6)7/h15-16,18H,3,8-13H2,1-2,4-7H3. The van der Waals surface area contributed by atoms with Gasteiger partial charge in [0.1, 0.15) is 0 Å². The summed E-state index contributed by atoms with van der Waals surface area (Å²) in [5, 5.41) is 3.69. The quantitative estimate of drug-likeness (QED) is 0.559. The number of hydrogen-bond donors (Lipinski definition) is 1. The Morgan fingerprint density at radius 1 is 1.22 bits per heavy atom. The van der Waals surface area contributed by atoms with Gasteiger partial charge in [0, 0.05) is 6.04 Å². The highest BCUT2D eigenvalue weighted by Crippen LogP contribution is 2.27. The van der Waals surface area contributed by atoms with E-state index in [-0.39, 0.29) is 0 Å². The van der Waals surface area contributed by atoms with Crippen LogP contribution in [0.4, 0.5) is 0 Å². The summed E-state index contributed by atoms with van der Waals surface area (Å²) in [4.78, 5) is 0. The van der Waals surface area contributed by atoms with Crippen LogP contribution >= 0.6 is 0 Å². The zero-order valence-electron chi connectivity index (χ0n) is 13.6. The van der Waals surface area contributed by atoms with Crippen molar-refractivity contribution in [2.75, 3.05) is 6.54 Å². The molecule has 0 aliphatic rings. The summed E-state index contributed by atoms with van der Waals surface area (Å²) in [7, 11) is 0. The summed E-state index contributed by atoms with van der Waals surface area (Å²) in [5.74, 6) is 0.781. The minimum Gasteiger partial charge on any atom is -0.314 e. The molecule has 0 bridgehead atoms. The molecule has 0 saturated heterocycles. The van der Waals surface area contributed by atoms with Gasteiger partial charge < -0.3 is 5.32 Å². The molecule has 0 aromatic rings. The van der Waals surface area contributed by atoms with Crippen LogP contribution < -0.4 is 5.32 Å². The minimum atomic E-state index is 0.441. The van der Waals surface area contributed by atoms with Gasteiger partial charge in [-0.15, -0.1) is 0 Å². The average molecular weight is 253 g/mol. The fraction of sp³-hybridized carbons (Fsp3) is 0.882. The maximum atomic E-state index is 4.16. The van der Waals surface area contributed by atoms with Gasteiger partial charge in [-0.05, 0) is 50.0 Å². The molecule has 18 heavy (non-hydrogen) atoms. The Bertz CT molecular complexity index is 224. The smallest absolute Gasteiger partial charge is 0.0107 e. The Balaban J connectivity index is 4.25. The van der Waals surface area contributed by atoms with Gasteiger partial charge in [0.25, 0.3) is 0 Å². The molecule has 0 rings (SSSR count). The first-order valence-corrected chi connectivity index (χ1v) is 7.68. The van der Waals surface area contributed by atoms with Crippen LogP contribution in [0.1, 0.15) is 73.6 Å². The Hall–Kier alpha value is -0.300. The van der Waals surface area contributed by atoms with Crippen LogP contribution in [0.25, 0.3) is 0 Å². The van der Waals surface area contributed by atoms with Gasteiger partial charge >= 0.3 is 0 Å². The maximum absolute atomic E-state index is 4.16. The molecular weight excluding hydrogens is 218 g/mol. The van der Waals surface area contributed by atoms with Crippen LogP contribution in [0.2, 0.25) is 0 Å². The second-order valence-electron chi connectivity index (χ2n) is 7.06. The molecule has 0 amide bonds. The lowest BCUT2D eigenvalue weighted by Gasteiger charge is -2.27. The fourth-order valence-electron chi connectivity index (χ4n) is 2.69. The zero-order chi connectivity index (χ0) is 14.2. The summed E-state index contributed by atoms with van der Waals surface area (Å²) in [5.41, 5.74) is 1.82. The first-order chi connectivity index (χ1) is 8.28. The molecule has 0 heterocycles. The average Bonchev–Trinajstić information content (AvgIpc) is 2.22. The molecule has 1 N–H and O–H groups in total. The predicted octanol–water partition coefficient (Wildman–Crippen LogP) is 5.17. The van der Waals surface area contributed by atoms with E-state index in [1.54, 1.807) is 0 Å². The molecule has 0 aromatic heterocycles. The van der Waals surface area contributed by atoms with Crippen molar-refractivity contribution in [3.8, 4) is 0 Å². The highest BCUT2D eigenvalue weighted by Gasteiger charge is 2.19. The largest absolute Gasteiger partial charge is 0.314 e. The molecule has 0 aliphatic carbocycles. The SMILES string of the molecule is C=C(CC)CC(CC(C)CC(C)(C)C)NCCC. The third kappa shape index (κ3) is 9.70. The summed E-state index contributed by atoms with van der Waals surface area (Å²) in [6.45, 7) is 19.1. The third-order valence-electron chi connectivity index (χ3n) is 3.37. The van der Waals surface area contributed by atoms with E-state index < -0.39 is 0 Å². The molecule has 0 aliphatic heterocycles. The minimum absolute atomic E-state index is 0.441.